The van der Waals surface area contributed by atoms with Gasteiger partial charge in [-0.05, 0) is 50.6 Å². The number of methoxy groups -OCH3 is 1. The van der Waals surface area contributed by atoms with Gasteiger partial charge in [-0.1, -0.05) is 29.8 Å². The number of allylic oxidation sites excluding steroid dienone is 1. The summed E-state index contributed by atoms with van der Waals surface area (Å²) in [5, 5.41) is 0.633. The summed E-state index contributed by atoms with van der Waals surface area (Å²) in [6.07, 6.45) is 3.37. The van der Waals surface area contributed by atoms with Crippen LogP contribution in [0.15, 0.2) is 59.8 Å². The summed E-state index contributed by atoms with van der Waals surface area (Å²) in [5.41, 5.74) is 4.74. The van der Waals surface area contributed by atoms with Crippen molar-refractivity contribution in [1.29, 1.82) is 0 Å². The Bertz CT molecular complexity index is 1080. The lowest BCUT2D eigenvalue weighted by atomic mass is 10.0. The second-order valence-electron chi connectivity index (χ2n) is 6.83. The summed E-state index contributed by atoms with van der Waals surface area (Å²) in [7, 11) is 1.31. The predicted molar refractivity (Wildman–Crippen MR) is 115 cm³/mol. The number of hydrogen-bond donors (Lipinski definition) is 0. The quantitative estimate of drug-likeness (QED) is 0.411. The zero-order chi connectivity index (χ0) is 21.3. The van der Waals surface area contributed by atoms with Crippen molar-refractivity contribution in [3.63, 3.8) is 0 Å². The van der Waals surface area contributed by atoms with Gasteiger partial charge >= 0.3 is 5.97 Å². The minimum atomic E-state index is -0.534. The highest BCUT2D eigenvalue weighted by atomic mass is 35.5. The Morgan fingerprint density at radius 2 is 1.93 bits per heavy atom. The van der Waals surface area contributed by atoms with Crippen molar-refractivity contribution in [3.05, 3.63) is 81.8 Å². The number of amides is 1. The van der Waals surface area contributed by atoms with Gasteiger partial charge in [0.1, 0.15) is 0 Å². The van der Waals surface area contributed by atoms with Gasteiger partial charge in [-0.25, -0.2) is 4.79 Å². The summed E-state index contributed by atoms with van der Waals surface area (Å²) in [5.74, 6) is -0.779. The van der Waals surface area contributed by atoms with E-state index in [4.69, 9.17) is 16.3 Å². The van der Waals surface area contributed by atoms with Crippen LogP contribution in [0.25, 0.3) is 11.8 Å². The first kappa shape index (κ1) is 20.7. The van der Waals surface area contributed by atoms with E-state index in [0.29, 0.717) is 22.8 Å². The Hall–Kier alpha value is -3.05. The van der Waals surface area contributed by atoms with Crippen LogP contribution in [0.1, 0.15) is 23.9 Å². The van der Waals surface area contributed by atoms with E-state index in [1.54, 1.807) is 19.1 Å². The third-order valence-electron chi connectivity index (χ3n) is 5.08. The van der Waals surface area contributed by atoms with Crippen LogP contribution in [0, 0.1) is 13.8 Å². The standard InChI is InChI=1S/C23H23ClN2O3/c1-6-11-25-16(4)21(23(28)29-5)18(22(25)27)13-17-12-14(2)26(15(17)3)20-10-8-7-9-19(20)24/h6-10,12-13H,1,11H2,2-5H3/b18-13-. The van der Waals surface area contributed by atoms with Gasteiger partial charge in [0.15, 0.2) is 0 Å². The minimum absolute atomic E-state index is 0.245. The summed E-state index contributed by atoms with van der Waals surface area (Å²) in [4.78, 5) is 26.9. The third-order valence-corrected chi connectivity index (χ3v) is 5.40. The molecule has 2 heterocycles. The van der Waals surface area contributed by atoms with E-state index < -0.39 is 5.97 Å². The lowest BCUT2D eigenvalue weighted by molar-refractivity contribution is -0.136. The zero-order valence-corrected chi connectivity index (χ0v) is 17.7. The maximum atomic E-state index is 13.0. The van der Waals surface area contributed by atoms with Crippen LogP contribution < -0.4 is 0 Å². The number of carbonyl (C=O) groups is 2. The van der Waals surface area contributed by atoms with Crippen molar-refractivity contribution in [2.45, 2.75) is 20.8 Å². The molecule has 0 N–H and O–H groups in total. The van der Waals surface area contributed by atoms with Crippen LogP contribution in [0.5, 0.6) is 0 Å². The fourth-order valence-electron chi connectivity index (χ4n) is 3.67. The number of hydrogen-bond acceptors (Lipinski definition) is 3. The number of halogens is 1. The molecule has 1 aromatic heterocycles. The zero-order valence-electron chi connectivity index (χ0n) is 17.0. The fourth-order valence-corrected chi connectivity index (χ4v) is 3.89. The Kier molecular flexibility index (Phi) is 5.80. The molecule has 3 rings (SSSR count). The molecular formula is C23H23ClN2O3. The molecule has 0 atom stereocenters. The van der Waals surface area contributed by atoms with Crippen molar-refractivity contribution in [1.82, 2.24) is 9.47 Å². The first-order valence-corrected chi connectivity index (χ1v) is 9.57. The second-order valence-corrected chi connectivity index (χ2v) is 7.23. The maximum absolute atomic E-state index is 13.0. The Morgan fingerprint density at radius 3 is 2.55 bits per heavy atom. The molecule has 1 amide bonds. The molecule has 1 aliphatic rings. The molecule has 0 spiro atoms. The number of ether oxygens (including phenoxy) is 1. The SMILES string of the molecule is C=CCN1C(=O)/C(=C\c2cc(C)n(-c3ccccc3Cl)c2C)C(C(=O)OC)=C1C. The average molecular weight is 411 g/mol. The molecule has 1 aliphatic heterocycles. The summed E-state index contributed by atoms with van der Waals surface area (Å²) >= 11 is 6.39. The minimum Gasteiger partial charge on any atom is -0.465 e. The molecule has 0 aliphatic carbocycles. The van der Waals surface area contributed by atoms with Gasteiger partial charge in [-0.2, -0.15) is 0 Å². The van der Waals surface area contributed by atoms with Crippen LogP contribution in [0.3, 0.4) is 0 Å². The van der Waals surface area contributed by atoms with Gasteiger partial charge in [-0.15, -0.1) is 6.58 Å². The molecule has 0 saturated carbocycles. The lowest BCUT2D eigenvalue weighted by Crippen LogP contribution is -2.25. The smallest absolute Gasteiger partial charge is 0.340 e. The first-order valence-electron chi connectivity index (χ1n) is 9.19. The molecule has 0 radical (unpaired) electrons. The highest BCUT2D eigenvalue weighted by Crippen LogP contribution is 2.33. The van der Waals surface area contributed by atoms with E-state index in [1.807, 2.05) is 48.7 Å². The Labute approximate surface area is 175 Å². The van der Waals surface area contributed by atoms with Crippen LogP contribution in [0.4, 0.5) is 0 Å². The molecule has 1 aromatic carbocycles. The van der Waals surface area contributed by atoms with E-state index in [-0.39, 0.29) is 11.5 Å². The van der Waals surface area contributed by atoms with Crippen LogP contribution in [0.2, 0.25) is 5.02 Å². The van der Waals surface area contributed by atoms with Gasteiger partial charge in [0.2, 0.25) is 0 Å². The molecule has 0 saturated heterocycles. The largest absolute Gasteiger partial charge is 0.465 e. The number of nitrogens with zero attached hydrogens (tertiary/aromatic N) is 2. The van der Waals surface area contributed by atoms with Gasteiger partial charge in [0.05, 0.1) is 29.0 Å². The number of aromatic nitrogens is 1. The summed E-state index contributed by atoms with van der Waals surface area (Å²) in [6, 6.07) is 9.55. The van der Waals surface area contributed by atoms with Crippen molar-refractivity contribution in [2.24, 2.45) is 0 Å². The lowest BCUT2D eigenvalue weighted by Gasteiger charge is -2.14. The number of aryl methyl sites for hydroxylation is 1. The van der Waals surface area contributed by atoms with Crippen LogP contribution in [-0.4, -0.2) is 35.0 Å². The number of carbonyl (C=O) groups excluding carboxylic acids is 2. The van der Waals surface area contributed by atoms with E-state index in [0.717, 1.165) is 22.6 Å². The second kappa shape index (κ2) is 8.13. The van der Waals surface area contributed by atoms with Gasteiger partial charge in [0.25, 0.3) is 5.91 Å². The molecular weight excluding hydrogens is 388 g/mol. The van der Waals surface area contributed by atoms with E-state index >= 15 is 0 Å². The first-order chi connectivity index (χ1) is 13.8. The summed E-state index contributed by atoms with van der Waals surface area (Å²) < 4.78 is 6.96. The fraction of sp³-hybridized carbons (Fsp3) is 0.217. The Balaban J connectivity index is 2.16. The topological polar surface area (TPSA) is 51.5 Å². The molecule has 0 fully saturated rings. The van der Waals surface area contributed by atoms with Gasteiger partial charge < -0.3 is 14.2 Å². The van der Waals surface area contributed by atoms with Crippen molar-refractivity contribution in [3.8, 4) is 5.69 Å². The van der Waals surface area contributed by atoms with Gasteiger partial charge in [0, 0.05) is 23.6 Å². The Morgan fingerprint density at radius 1 is 1.24 bits per heavy atom. The highest BCUT2D eigenvalue weighted by molar-refractivity contribution is 6.32. The number of benzene rings is 1. The molecule has 0 bridgehead atoms. The number of para-hydroxylation sites is 1. The number of esters is 1. The summed E-state index contributed by atoms with van der Waals surface area (Å²) in [6.45, 7) is 9.68. The maximum Gasteiger partial charge on any atom is 0.340 e. The molecule has 6 heteroatoms. The van der Waals surface area contributed by atoms with Crippen LogP contribution in [-0.2, 0) is 14.3 Å². The van der Waals surface area contributed by atoms with Gasteiger partial charge in [-0.3, -0.25) is 4.79 Å². The normalized spacial score (nSPS) is 15.4. The van der Waals surface area contributed by atoms with Crippen molar-refractivity contribution >= 4 is 29.6 Å². The monoisotopic (exact) mass is 410 g/mol. The van der Waals surface area contributed by atoms with E-state index in [9.17, 15) is 9.59 Å². The molecule has 0 unspecified atom stereocenters. The highest BCUT2D eigenvalue weighted by Gasteiger charge is 2.36. The molecule has 150 valence electrons. The average Bonchev–Trinajstić information content (AvgIpc) is 3.10. The van der Waals surface area contributed by atoms with Crippen molar-refractivity contribution < 1.29 is 14.3 Å². The van der Waals surface area contributed by atoms with Crippen LogP contribution >= 0.6 is 11.6 Å². The predicted octanol–water partition coefficient (Wildman–Crippen LogP) is 4.61. The number of rotatable bonds is 5. The molecule has 2 aromatic rings. The third kappa shape index (κ3) is 3.54. The van der Waals surface area contributed by atoms with E-state index in [1.165, 1.54) is 12.0 Å². The van der Waals surface area contributed by atoms with Crippen molar-refractivity contribution in [2.75, 3.05) is 13.7 Å². The molecule has 5 nitrogen and oxygen atoms in total. The molecule has 29 heavy (non-hydrogen) atoms. The van der Waals surface area contributed by atoms with E-state index in [2.05, 4.69) is 6.58 Å².